The number of carbonyl (C=O) groups is 2. The summed E-state index contributed by atoms with van der Waals surface area (Å²) in [5.41, 5.74) is 0.839. The fraction of sp³-hybridized carbons (Fsp3) is 0.296. The average Bonchev–Trinajstić information content (AvgIpc) is 3.54. The van der Waals surface area contributed by atoms with Crippen LogP contribution in [0.15, 0.2) is 60.7 Å². The lowest BCUT2D eigenvalue weighted by molar-refractivity contribution is -0.140. The Labute approximate surface area is 213 Å². The van der Waals surface area contributed by atoms with Gasteiger partial charge < -0.3 is 33.5 Å². The molecule has 10 nitrogen and oxygen atoms in total. The van der Waals surface area contributed by atoms with E-state index in [2.05, 4.69) is 4.98 Å². The molecule has 3 aromatic rings. The fourth-order valence-electron chi connectivity index (χ4n) is 4.75. The van der Waals surface area contributed by atoms with E-state index in [0.29, 0.717) is 60.3 Å². The summed E-state index contributed by atoms with van der Waals surface area (Å²) in [5, 5.41) is 11.4. The molecule has 2 aliphatic rings. The molecule has 37 heavy (non-hydrogen) atoms. The molecule has 10 heteroatoms. The van der Waals surface area contributed by atoms with Crippen molar-refractivity contribution in [3.63, 3.8) is 0 Å². The van der Waals surface area contributed by atoms with Gasteiger partial charge in [-0.3, -0.25) is 9.59 Å². The normalized spacial score (nSPS) is 18.2. The van der Waals surface area contributed by atoms with E-state index >= 15 is 0 Å². The van der Waals surface area contributed by atoms with Crippen LogP contribution in [0.3, 0.4) is 0 Å². The van der Waals surface area contributed by atoms with E-state index in [1.807, 2.05) is 10.8 Å². The summed E-state index contributed by atoms with van der Waals surface area (Å²) in [6.07, 6.45) is 5.77. The van der Waals surface area contributed by atoms with Gasteiger partial charge in [0, 0.05) is 36.6 Å². The number of imidazole rings is 1. The van der Waals surface area contributed by atoms with Crippen LogP contribution in [0.1, 0.15) is 23.6 Å². The molecule has 0 spiro atoms. The fourth-order valence-corrected chi connectivity index (χ4v) is 4.75. The number of methoxy groups -OCH3 is 2. The monoisotopic (exact) mass is 505 g/mol. The Morgan fingerprint density at radius 3 is 2.62 bits per heavy atom. The van der Waals surface area contributed by atoms with E-state index in [4.69, 9.17) is 18.9 Å². The van der Waals surface area contributed by atoms with E-state index < -0.39 is 17.7 Å². The lowest BCUT2D eigenvalue weighted by atomic mass is 9.94. The number of para-hydroxylation sites is 1. The first-order valence-corrected chi connectivity index (χ1v) is 11.9. The number of carbonyl (C=O) groups excluding carboxylic acids is 2. The number of aliphatic hydroxyl groups excluding tert-OH is 1. The lowest BCUT2D eigenvalue weighted by Crippen LogP contribution is -2.31. The Bertz CT molecular complexity index is 1350. The van der Waals surface area contributed by atoms with Crippen molar-refractivity contribution < 1.29 is 33.6 Å². The van der Waals surface area contributed by atoms with Crippen molar-refractivity contribution in [1.82, 2.24) is 14.5 Å². The molecule has 2 aromatic carbocycles. The number of ether oxygens (including phenoxy) is 4. The highest BCUT2D eigenvalue weighted by Gasteiger charge is 2.47. The van der Waals surface area contributed by atoms with Crippen LogP contribution < -0.4 is 18.9 Å². The topological polar surface area (TPSA) is 112 Å². The molecule has 1 N–H and O–H groups in total. The Balaban J connectivity index is 1.60. The molecular formula is C27H27N3O7. The van der Waals surface area contributed by atoms with Gasteiger partial charge in [-0.05, 0) is 30.7 Å². The number of Topliss-reactive ketones (excluding diaryl/α,β-unsaturated/α-hetero) is 1. The molecule has 192 valence electrons. The minimum absolute atomic E-state index is 0.0316. The van der Waals surface area contributed by atoms with Gasteiger partial charge in [0.05, 0.1) is 32.2 Å². The van der Waals surface area contributed by atoms with Gasteiger partial charge in [-0.1, -0.05) is 12.1 Å². The molecule has 0 radical (unpaired) electrons. The first-order chi connectivity index (χ1) is 18.0. The Kier molecular flexibility index (Phi) is 6.72. The van der Waals surface area contributed by atoms with Crippen LogP contribution in [0.2, 0.25) is 0 Å². The molecule has 5 rings (SSSR count). The largest absolute Gasteiger partial charge is 0.507 e. The van der Waals surface area contributed by atoms with Gasteiger partial charge >= 0.3 is 0 Å². The third-order valence-corrected chi connectivity index (χ3v) is 6.46. The number of ketones is 1. The number of likely N-dealkylation sites (tertiary alicyclic amines) is 1. The summed E-state index contributed by atoms with van der Waals surface area (Å²) in [4.78, 5) is 32.2. The average molecular weight is 506 g/mol. The number of fused-ring (bicyclic) bond motifs is 1. The van der Waals surface area contributed by atoms with Crippen LogP contribution in [0.5, 0.6) is 23.0 Å². The molecule has 3 heterocycles. The molecule has 1 amide bonds. The number of benzene rings is 2. The lowest BCUT2D eigenvalue weighted by Gasteiger charge is -2.27. The SMILES string of the molecule is COc1cccc([C@@H]2/C(=C(\O)c3ccc4c(c3)OCCO4)C(=O)C(=O)N2CCCn2ccnc2)c1OC. The summed E-state index contributed by atoms with van der Waals surface area (Å²) in [6, 6.07) is 9.27. The zero-order valence-corrected chi connectivity index (χ0v) is 20.5. The van der Waals surface area contributed by atoms with E-state index in [0.717, 1.165) is 0 Å². The Hall–Kier alpha value is -4.47. The second-order valence-corrected chi connectivity index (χ2v) is 8.59. The summed E-state index contributed by atoms with van der Waals surface area (Å²) >= 11 is 0. The van der Waals surface area contributed by atoms with Crippen molar-refractivity contribution in [3.8, 4) is 23.0 Å². The number of amides is 1. The molecule has 1 saturated heterocycles. The Morgan fingerprint density at radius 2 is 1.89 bits per heavy atom. The quantitative estimate of drug-likeness (QED) is 0.282. The highest BCUT2D eigenvalue weighted by atomic mass is 16.6. The van der Waals surface area contributed by atoms with E-state index in [-0.39, 0.29) is 17.9 Å². The number of hydrogen-bond acceptors (Lipinski definition) is 8. The van der Waals surface area contributed by atoms with Crippen molar-refractivity contribution in [3.05, 3.63) is 71.8 Å². The van der Waals surface area contributed by atoms with Crippen LogP contribution in [-0.4, -0.2) is 65.2 Å². The number of rotatable bonds is 8. The molecule has 0 bridgehead atoms. The van der Waals surface area contributed by atoms with Crippen molar-refractivity contribution in [2.24, 2.45) is 0 Å². The first-order valence-electron chi connectivity index (χ1n) is 11.9. The van der Waals surface area contributed by atoms with Crippen LogP contribution in [-0.2, 0) is 16.1 Å². The number of aryl methyl sites for hydroxylation is 1. The highest BCUT2D eigenvalue weighted by molar-refractivity contribution is 6.46. The van der Waals surface area contributed by atoms with Crippen molar-refractivity contribution >= 4 is 17.4 Å². The molecular weight excluding hydrogens is 478 g/mol. The third kappa shape index (κ3) is 4.46. The molecule has 0 unspecified atom stereocenters. The molecule has 0 saturated carbocycles. The number of aromatic nitrogens is 2. The molecule has 2 aliphatic heterocycles. The first kappa shape index (κ1) is 24.2. The van der Waals surface area contributed by atoms with Gasteiger partial charge in [-0.25, -0.2) is 4.98 Å². The minimum atomic E-state index is -0.888. The van der Waals surface area contributed by atoms with Crippen LogP contribution >= 0.6 is 0 Å². The number of nitrogens with zero attached hydrogens (tertiary/aromatic N) is 3. The highest BCUT2D eigenvalue weighted by Crippen LogP contribution is 2.46. The summed E-state index contributed by atoms with van der Waals surface area (Å²) < 4.78 is 24.2. The van der Waals surface area contributed by atoms with Gasteiger partial charge in [0.1, 0.15) is 19.0 Å². The number of hydrogen-bond donors (Lipinski definition) is 1. The Morgan fingerprint density at radius 1 is 1.08 bits per heavy atom. The van der Waals surface area contributed by atoms with E-state index in [1.165, 1.54) is 19.1 Å². The molecule has 1 fully saturated rings. The zero-order chi connectivity index (χ0) is 25.9. The second-order valence-electron chi connectivity index (χ2n) is 8.59. The van der Waals surface area contributed by atoms with E-state index in [1.54, 1.807) is 48.9 Å². The van der Waals surface area contributed by atoms with Crippen LogP contribution in [0, 0.1) is 0 Å². The summed E-state index contributed by atoms with van der Waals surface area (Å²) in [5.74, 6) is 0.0638. The van der Waals surface area contributed by atoms with Gasteiger partial charge in [0.15, 0.2) is 23.0 Å². The summed E-state index contributed by atoms with van der Waals surface area (Å²) in [7, 11) is 3.01. The minimum Gasteiger partial charge on any atom is -0.507 e. The van der Waals surface area contributed by atoms with Crippen LogP contribution in [0.25, 0.3) is 5.76 Å². The van der Waals surface area contributed by atoms with Crippen molar-refractivity contribution in [1.29, 1.82) is 0 Å². The maximum atomic E-state index is 13.4. The van der Waals surface area contributed by atoms with Gasteiger partial charge in [-0.2, -0.15) is 0 Å². The van der Waals surface area contributed by atoms with Gasteiger partial charge in [-0.15, -0.1) is 0 Å². The second kappa shape index (κ2) is 10.3. The molecule has 1 aromatic heterocycles. The zero-order valence-electron chi connectivity index (χ0n) is 20.5. The van der Waals surface area contributed by atoms with Crippen molar-refractivity contribution in [2.45, 2.75) is 19.0 Å². The summed E-state index contributed by atoms with van der Waals surface area (Å²) in [6.45, 7) is 1.68. The third-order valence-electron chi connectivity index (χ3n) is 6.46. The maximum absolute atomic E-state index is 13.4. The van der Waals surface area contributed by atoms with Gasteiger partial charge in [0.2, 0.25) is 0 Å². The smallest absolute Gasteiger partial charge is 0.295 e. The van der Waals surface area contributed by atoms with E-state index in [9.17, 15) is 14.7 Å². The predicted octanol–water partition coefficient (Wildman–Crippen LogP) is 3.18. The number of aliphatic hydroxyl groups is 1. The van der Waals surface area contributed by atoms with Gasteiger partial charge in [0.25, 0.3) is 11.7 Å². The van der Waals surface area contributed by atoms with Crippen molar-refractivity contribution in [2.75, 3.05) is 34.0 Å². The maximum Gasteiger partial charge on any atom is 0.295 e. The van der Waals surface area contributed by atoms with Crippen LogP contribution in [0.4, 0.5) is 0 Å². The predicted molar refractivity (Wildman–Crippen MR) is 133 cm³/mol. The standard InChI is InChI=1S/C27H27N3O7/c1-34-20-6-3-5-18(26(20)35-2)23-22(24(31)17-7-8-19-21(15-17)37-14-13-36-19)25(32)27(33)30(23)11-4-10-29-12-9-28-16-29/h3,5-9,12,15-16,23,31H,4,10-11,13-14H2,1-2H3/b24-22+/t23-/m1/s1. The molecule has 1 atom stereocenters. The molecule has 0 aliphatic carbocycles.